The molecule has 184 valence electrons. The molecule has 1 N–H and O–H groups in total. The molecule has 1 fully saturated rings. The molecule has 0 bridgehead atoms. The van der Waals surface area contributed by atoms with Crippen LogP contribution in [0.5, 0.6) is 5.75 Å². The van der Waals surface area contributed by atoms with Gasteiger partial charge in [-0.25, -0.2) is 9.97 Å². The normalized spacial score (nSPS) is 13.5. The highest BCUT2D eigenvalue weighted by Gasteiger charge is 2.21. The van der Waals surface area contributed by atoms with Crippen LogP contribution in [-0.4, -0.2) is 50.3 Å². The summed E-state index contributed by atoms with van der Waals surface area (Å²) in [5.74, 6) is 2.02. The van der Waals surface area contributed by atoms with Crippen LogP contribution in [0, 0.1) is 0 Å². The molecule has 1 aliphatic rings. The van der Waals surface area contributed by atoms with Crippen molar-refractivity contribution in [3.05, 3.63) is 85.1 Å². The summed E-state index contributed by atoms with van der Waals surface area (Å²) in [6, 6.07) is 19.7. The van der Waals surface area contributed by atoms with Crippen LogP contribution < -0.4 is 15.0 Å². The number of aromatic nitrogens is 5. The van der Waals surface area contributed by atoms with Gasteiger partial charge in [-0.1, -0.05) is 12.1 Å². The van der Waals surface area contributed by atoms with Gasteiger partial charge >= 0.3 is 0 Å². The number of hydrogen-bond acceptors (Lipinski definition) is 7. The van der Waals surface area contributed by atoms with Crippen molar-refractivity contribution in [1.82, 2.24) is 30.0 Å². The van der Waals surface area contributed by atoms with E-state index in [4.69, 9.17) is 14.7 Å². The number of nitrogens with one attached hydrogen (secondary N) is 1. The maximum Gasteiger partial charge on any atom is 0.239 e. The van der Waals surface area contributed by atoms with E-state index in [2.05, 4.69) is 15.4 Å². The van der Waals surface area contributed by atoms with Gasteiger partial charge in [0.25, 0.3) is 0 Å². The van der Waals surface area contributed by atoms with Crippen LogP contribution in [0.2, 0.25) is 0 Å². The number of pyridine rings is 1. The molecular weight excluding hydrogens is 466 g/mol. The van der Waals surface area contributed by atoms with Gasteiger partial charge in [0.1, 0.15) is 23.9 Å². The molecular formula is C28H25N7O2. The first kappa shape index (κ1) is 22.7. The lowest BCUT2D eigenvalue weighted by Crippen LogP contribution is -2.48. The SMILES string of the molecule is Cn1cc(-c2ccncc2)c(-c2ccc(OCc3nc(N4CCNC(=O)C4)c4ccccc4n3)cc2)n1. The minimum absolute atomic E-state index is 0.00757. The Morgan fingerprint density at radius 2 is 1.78 bits per heavy atom. The number of amides is 1. The Balaban J connectivity index is 1.23. The van der Waals surface area contributed by atoms with E-state index in [1.807, 2.05) is 83.5 Å². The molecule has 0 unspecified atom stereocenters. The Bertz CT molecular complexity index is 1570. The van der Waals surface area contributed by atoms with Gasteiger partial charge in [-0.05, 0) is 54.1 Å². The van der Waals surface area contributed by atoms with Crippen LogP contribution in [0.1, 0.15) is 5.82 Å². The fourth-order valence-electron chi connectivity index (χ4n) is 4.53. The van der Waals surface area contributed by atoms with Crippen molar-refractivity contribution in [2.75, 3.05) is 24.5 Å². The molecule has 4 heterocycles. The number of piperazine rings is 1. The Kier molecular flexibility index (Phi) is 5.94. The molecule has 6 rings (SSSR count). The average Bonchev–Trinajstić information content (AvgIpc) is 3.34. The number of carbonyl (C=O) groups is 1. The highest BCUT2D eigenvalue weighted by atomic mass is 16.5. The quantitative estimate of drug-likeness (QED) is 0.388. The number of nitrogens with zero attached hydrogens (tertiary/aromatic N) is 6. The van der Waals surface area contributed by atoms with E-state index in [1.54, 1.807) is 12.4 Å². The number of ether oxygens (including phenoxy) is 1. The number of para-hydroxylation sites is 1. The lowest BCUT2D eigenvalue weighted by atomic mass is 10.0. The number of fused-ring (bicyclic) bond motifs is 1. The number of aryl methyl sites for hydroxylation is 1. The fraction of sp³-hybridized carbons (Fsp3) is 0.179. The maximum atomic E-state index is 12.0. The third kappa shape index (κ3) is 4.71. The second kappa shape index (κ2) is 9.69. The predicted octanol–water partition coefficient (Wildman–Crippen LogP) is 3.61. The number of hydrogen-bond donors (Lipinski definition) is 1. The molecule has 0 atom stereocenters. The summed E-state index contributed by atoms with van der Waals surface area (Å²) in [5.41, 5.74) is 4.82. The molecule has 0 aliphatic carbocycles. The van der Waals surface area contributed by atoms with Crippen molar-refractivity contribution in [2.45, 2.75) is 6.61 Å². The van der Waals surface area contributed by atoms with Crippen molar-refractivity contribution in [1.29, 1.82) is 0 Å². The number of carbonyl (C=O) groups excluding carboxylic acids is 1. The zero-order valence-electron chi connectivity index (χ0n) is 20.3. The molecule has 0 saturated carbocycles. The predicted molar refractivity (Wildman–Crippen MR) is 141 cm³/mol. The van der Waals surface area contributed by atoms with Crippen LogP contribution >= 0.6 is 0 Å². The average molecular weight is 492 g/mol. The second-order valence-electron chi connectivity index (χ2n) is 8.87. The Labute approximate surface area is 213 Å². The van der Waals surface area contributed by atoms with Crippen molar-refractivity contribution >= 4 is 22.6 Å². The van der Waals surface area contributed by atoms with Crippen LogP contribution in [0.4, 0.5) is 5.82 Å². The molecule has 1 amide bonds. The number of rotatable bonds is 6. The van der Waals surface area contributed by atoms with Crippen LogP contribution in [0.3, 0.4) is 0 Å². The largest absolute Gasteiger partial charge is 0.486 e. The van der Waals surface area contributed by atoms with Crippen LogP contribution in [-0.2, 0) is 18.4 Å². The van der Waals surface area contributed by atoms with Gasteiger partial charge in [0.05, 0.1) is 12.1 Å². The summed E-state index contributed by atoms with van der Waals surface area (Å²) < 4.78 is 7.87. The third-order valence-electron chi connectivity index (χ3n) is 6.28. The van der Waals surface area contributed by atoms with Gasteiger partial charge in [0.15, 0.2) is 5.82 Å². The van der Waals surface area contributed by atoms with E-state index in [0.29, 0.717) is 24.7 Å². The molecule has 0 spiro atoms. The fourth-order valence-corrected chi connectivity index (χ4v) is 4.53. The van der Waals surface area contributed by atoms with Crippen LogP contribution in [0.15, 0.2) is 79.3 Å². The third-order valence-corrected chi connectivity index (χ3v) is 6.28. The maximum absolute atomic E-state index is 12.0. The summed E-state index contributed by atoms with van der Waals surface area (Å²) in [7, 11) is 1.92. The van der Waals surface area contributed by atoms with Gasteiger partial charge in [-0.15, -0.1) is 0 Å². The zero-order chi connectivity index (χ0) is 25.2. The van der Waals surface area contributed by atoms with E-state index in [1.165, 1.54) is 0 Å². The lowest BCUT2D eigenvalue weighted by Gasteiger charge is -2.28. The Morgan fingerprint density at radius 1 is 0.973 bits per heavy atom. The molecule has 1 saturated heterocycles. The minimum atomic E-state index is -0.00757. The molecule has 2 aromatic carbocycles. The van der Waals surface area contributed by atoms with E-state index in [-0.39, 0.29) is 19.1 Å². The highest BCUT2D eigenvalue weighted by Crippen LogP contribution is 2.31. The monoisotopic (exact) mass is 491 g/mol. The number of benzene rings is 2. The first-order valence-electron chi connectivity index (χ1n) is 12.1. The molecule has 37 heavy (non-hydrogen) atoms. The van der Waals surface area contributed by atoms with E-state index in [0.717, 1.165) is 39.1 Å². The first-order chi connectivity index (χ1) is 18.1. The first-order valence-corrected chi connectivity index (χ1v) is 12.1. The summed E-state index contributed by atoms with van der Waals surface area (Å²) in [6.45, 7) is 1.78. The lowest BCUT2D eigenvalue weighted by molar-refractivity contribution is -0.120. The highest BCUT2D eigenvalue weighted by molar-refractivity contribution is 5.92. The Hall–Kier alpha value is -4.79. The smallest absolute Gasteiger partial charge is 0.239 e. The summed E-state index contributed by atoms with van der Waals surface area (Å²) in [6.07, 6.45) is 5.57. The van der Waals surface area contributed by atoms with Gasteiger partial charge < -0.3 is 15.0 Å². The van der Waals surface area contributed by atoms with Crippen LogP contribution in [0.25, 0.3) is 33.3 Å². The van der Waals surface area contributed by atoms with E-state index < -0.39 is 0 Å². The number of anilines is 1. The van der Waals surface area contributed by atoms with Gasteiger partial charge in [0.2, 0.25) is 5.91 Å². The zero-order valence-corrected chi connectivity index (χ0v) is 20.3. The molecule has 9 nitrogen and oxygen atoms in total. The van der Waals surface area contributed by atoms with Crippen molar-refractivity contribution in [3.63, 3.8) is 0 Å². The summed E-state index contributed by atoms with van der Waals surface area (Å²) in [5, 5.41) is 8.46. The van der Waals surface area contributed by atoms with E-state index in [9.17, 15) is 4.79 Å². The molecule has 0 radical (unpaired) electrons. The summed E-state index contributed by atoms with van der Waals surface area (Å²) in [4.78, 5) is 27.6. The summed E-state index contributed by atoms with van der Waals surface area (Å²) >= 11 is 0. The van der Waals surface area contributed by atoms with Crippen molar-refractivity contribution in [2.24, 2.45) is 7.05 Å². The van der Waals surface area contributed by atoms with E-state index >= 15 is 0 Å². The van der Waals surface area contributed by atoms with Gasteiger partial charge in [-0.3, -0.25) is 14.5 Å². The molecule has 1 aliphatic heterocycles. The minimum Gasteiger partial charge on any atom is -0.486 e. The molecule has 5 aromatic rings. The van der Waals surface area contributed by atoms with Gasteiger partial charge in [-0.2, -0.15) is 5.10 Å². The Morgan fingerprint density at radius 3 is 2.59 bits per heavy atom. The topological polar surface area (TPSA) is 98.1 Å². The standard InChI is InChI=1S/C28H25N7O2/c1-34-16-23(19-10-12-29-13-11-19)27(33-34)20-6-8-21(9-7-20)37-18-25-31-24-5-3-2-4-22(24)28(32-25)35-15-14-30-26(36)17-35/h2-13,16H,14-15,17-18H2,1H3,(H,30,36). The second-order valence-corrected chi connectivity index (χ2v) is 8.87. The molecule has 3 aromatic heterocycles. The van der Waals surface area contributed by atoms with Crippen molar-refractivity contribution < 1.29 is 9.53 Å². The van der Waals surface area contributed by atoms with Gasteiger partial charge in [0, 0.05) is 55.2 Å². The van der Waals surface area contributed by atoms with Crippen molar-refractivity contribution in [3.8, 4) is 28.1 Å². The molecule has 9 heteroatoms.